The molecule has 1 heteroatoms. The molecule has 1 aliphatic carbocycles. The van der Waals surface area contributed by atoms with Gasteiger partial charge in [0.25, 0.3) is 0 Å². The number of benzene rings is 1. The summed E-state index contributed by atoms with van der Waals surface area (Å²) in [5.41, 5.74) is 1.53. The molecule has 1 aromatic rings. The van der Waals surface area contributed by atoms with E-state index in [0.717, 1.165) is 12.5 Å². The van der Waals surface area contributed by atoms with Crippen LogP contribution in [-0.2, 0) is 0 Å². The zero-order valence-electron chi connectivity index (χ0n) is 14.0. The fourth-order valence-corrected chi connectivity index (χ4v) is 4.02. The fraction of sp³-hybridized carbons (Fsp3) is 0.700. The minimum atomic E-state index is 0.662. The summed E-state index contributed by atoms with van der Waals surface area (Å²) in [5, 5.41) is 3.92. The molecule has 0 aromatic heterocycles. The van der Waals surface area contributed by atoms with Crippen molar-refractivity contribution in [3.8, 4) is 0 Å². The van der Waals surface area contributed by atoms with Crippen LogP contribution in [0.5, 0.6) is 0 Å². The van der Waals surface area contributed by atoms with Crippen LogP contribution in [-0.4, -0.2) is 12.6 Å². The summed E-state index contributed by atoms with van der Waals surface area (Å²) < 4.78 is 0. The third-order valence-corrected chi connectivity index (χ3v) is 5.14. The van der Waals surface area contributed by atoms with E-state index < -0.39 is 0 Å². The van der Waals surface area contributed by atoms with Crippen molar-refractivity contribution in [2.24, 2.45) is 5.92 Å². The van der Waals surface area contributed by atoms with Crippen molar-refractivity contribution >= 4 is 0 Å². The molecular weight excluding hydrogens is 254 g/mol. The normalized spacial score (nSPS) is 19.9. The van der Waals surface area contributed by atoms with Crippen LogP contribution in [0.2, 0.25) is 0 Å². The molecule has 0 radical (unpaired) electrons. The first-order valence-electron chi connectivity index (χ1n) is 9.15. The quantitative estimate of drug-likeness (QED) is 0.651. The van der Waals surface area contributed by atoms with Gasteiger partial charge in [-0.2, -0.15) is 0 Å². The summed E-state index contributed by atoms with van der Waals surface area (Å²) in [6.07, 6.45) is 11.1. The molecule has 1 aliphatic rings. The van der Waals surface area contributed by atoms with Crippen LogP contribution in [0.4, 0.5) is 0 Å². The van der Waals surface area contributed by atoms with Crippen LogP contribution in [0.1, 0.15) is 76.7 Å². The first kappa shape index (κ1) is 16.5. The maximum Gasteiger partial charge on any atom is 0.0164 e. The SMILES string of the molecule is CCCNC(C1CCCCCC1)C(CC)c1ccccc1. The maximum atomic E-state index is 3.92. The van der Waals surface area contributed by atoms with E-state index in [1.165, 1.54) is 56.9 Å². The summed E-state index contributed by atoms with van der Waals surface area (Å²) in [6.45, 7) is 5.79. The summed E-state index contributed by atoms with van der Waals surface area (Å²) in [5.74, 6) is 1.53. The monoisotopic (exact) mass is 287 g/mol. The van der Waals surface area contributed by atoms with E-state index in [-0.39, 0.29) is 0 Å². The summed E-state index contributed by atoms with van der Waals surface area (Å²) in [6, 6.07) is 11.8. The number of hydrogen-bond acceptors (Lipinski definition) is 1. The first-order chi connectivity index (χ1) is 10.4. The molecule has 1 N–H and O–H groups in total. The van der Waals surface area contributed by atoms with Crippen LogP contribution < -0.4 is 5.32 Å². The van der Waals surface area contributed by atoms with Crippen LogP contribution in [0, 0.1) is 5.92 Å². The Morgan fingerprint density at radius 3 is 2.24 bits per heavy atom. The Bertz CT molecular complexity index is 365. The molecule has 0 saturated heterocycles. The standard InChI is InChI=1S/C20H33N/c1-3-16-21-20(18-14-8-5-6-9-15-18)19(4-2)17-12-10-7-11-13-17/h7,10-13,18-21H,3-6,8-9,14-16H2,1-2H3. The van der Waals surface area contributed by atoms with Gasteiger partial charge in [-0.3, -0.25) is 0 Å². The Kier molecular flexibility index (Phi) is 7.29. The molecule has 21 heavy (non-hydrogen) atoms. The number of nitrogens with one attached hydrogen (secondary N) is 1. The van der Waals surface area contributed by atoms with Gasteiger partial charge < -0.3 is 5.32 Å². The lowest BCUT2D eigenvalue weighted by Crippen LogP contribution is -2.41. The summed E-state index contributed by atoms with van der Waals surface area (Å²) >= 11 is 0. The Labute approximate surface area is 131 Å². The topological polar surface area (TPSA) is 12.0 Å². The predicted octanol–water partition coefficient (Wildman–Crippen LogP) is 5.52. The Balaban J connectivity index is 2.15. The van der Waals surface area contributed by atoms with E-state index in [9.17, 15) is 0 Å². The van der Waals surface area contributed by atoms with E-state index in [0.29, 0.717) is 12.0 Å². The van der Waals surface area contributed by atoms with Gasteiger partial charge in [0, 0.05) is 6.04 Å². The highest BCUT2D eigenvalue weighted by Crippen LogP contribution is 2.34. The highest BCUT2D eigenvalue weighted by atomic mass is 14.9. The minimum Gasteiger partial charge on any atom is -0.313 e. The maximum absolute atomic E-state index is 3.92. The van der Waals surface area contributed by atoms with Gasteiger partial charge in [-0.1, -0.05) is 69.9 Å². The van der Waals surface area contributed by atoms with Crippen molar-refractivity contribution in [3.05, 3.63) is 35.9 Å². The van der Waals surface area contributed by atoms with E-state index in [4.69, 9.17) is 0 Å². The van der Waals surface area contributed by atoms with Gasteiger partial charge >= 0.3 is 0 Å². The lowest BCUT2D eigenvalue weighted by atomic mass is 9.78. The van der Waals surface area contributed by atoms with Crippen molar-refractivity contribution in [1.29, 1.82) is 0 Å². The second-order valence-corrected chi connectivity index (χ2v) is 6.66. The van der Waals surface area contributed by atoms with Gasteiger partial charge in [0.1, 0.15) is 0 Å². The Morgan fingerprint density at radius 2 is 1.67 bits per heavy atom. The van der Waals surface area contributed by atoms with E-state index in [1.807, 2.05) is 0 Å². The van der Waals surface area contributed by atoms with Crippen LogP contribution in [0.15, 0.2) is 30.3 Å². The van der Waals surface area contributed by atoms with Crippen molar-refractivity contribution < 1.29 is 0 Å². The van der Waals surface area contributed by atoms with Crippen molar-refractivity contribution in [2.75, 3.05) is 6.54 Å². The van der Waals surface area contributed by atoms with Crippen LogP contribution in [0.25, 0.3) is 0 Å². The smallest absolute Gasteiger partial charge is 0.0164 e. The lowest BCUT2D eigenvalue weighted by Gasteiger charge is -2.34. The number of hydrogen-bond donors (Lipinski definition) is 1. The molecule has 1 aromatic carbocycles. The second-order valence-electron chi connectivity index (χ2n) is 6.66. The average molecular weight is 287 g/mol. The average Bonchev–Trinajstić information content (AvgIpc) is 2.81. The highest BCUT2D eigenvalue weighted by molar-refractivity contribution is 5.21. The van der Waals surface area contributed by atoms with E-state index >= 15 is 0 Å². The third-order valence-electron chi connectivity index (χ3n) is 5.14. The largest absolute Gasteiger partial charge is 0.313 e. The zero-order chi connectivity index (χ0) is 14.9. The molecule has 2 unspecified atom stereocenters. The third kappa shape index (κ3) is 4.85. The summed E-state index contributed by atoms with van der Waals surface area (Å²) in [7, 11) is 0. The minimum absolute atomic E-state index is 0.662. The second kappa shape index (κ2) is 9.25. The van der Waals surface area contributed by atoms with Gasteiger partial charge in [-0.05, 0) is 49.6 Å². The van der Waals surface area contributed by atoms with E-state index in [2.05, 4.69) is 49.5 Å². The van der Waals surface area contributed by atoms with Gasteiger partial charge in [-0.25, -0.2) is 0 Å². The van der Waals surface area contributed by atoms with Gasteiger partial charge in [0.05, 0.1) is 0 Å². The molecule has 1 nitrogen and oxygen atoms in total. The Hall–Kier alpha value is -0.820. The zero-order valence-corrected chi connectivity index (χ0v) is 14.0. The van der Waals surface area contributed by atoms with Crippen molar-refractivity contribution in [3.63, 3.8) is 0 Å². The van der Waals surface area contributed by atoms with Crippen LogP contribution in [0.3, 0.4) is 0 Å². The Morgan fingerprint density at radius 1 is 1.00 bits per heavy atom. The molecule has 0 amide bonds. The fourth-order valence-electron chi connectivity index (χ4n) is 4.02. The van der Waals surface area contributed by atoms with Crippen molar-refractivity contribution in [1.82, 2.24) is 5.32 Å². The molecular formula is C20H33N. The molecule has 1 saturated carbocycles. The lowest BCUT2D eigenvalue weighted by molar-refractivity contribution is 0.274. The molecule has 0 bridgehead atoms. The van der Waals surface area contributed by atoms with Crippen molar-refractivity contribution in [2.45, 2.75) is 77.2 Å². The molecule has 2 rings (SSSR count). The summed E-state index contributed by atoms with van der Waals surface area (Å²) in [4.78, 5) is 0. The molecule has 118 valence electrons. The molecule has 1 fully saturated rings. The van der Waals surface area contributed by atoms with Gasteiger partial charge in [-0.15, -0.1) is 0 Å². The molecule has 0 heterocycles. The predicted molar refractivity (Wildman–Crippen MR) is 92.7 cm³/mol. The van der Waals surface area contributed by atoms with Gasteiger partial charge in [0.15, 0.2) is 0 Å². The number of rotatable bonds is 7. The van der Waals surface area contributed by atoms with Gasteiger partial charge in [0.2, 0.25) is 0 Å². The highest BCUT2D eigenvalue weighted by Gasteiger charge is 2.29. The molecule has 0 aliphatic heterocycles. The first-order valence-corrected chi connectivity index (χ1v) is 9.15. The van der Waals surface area contributed by atoms with E-state index in [1.54, 1.807) is 0 Å². The molecule has 2 atom stereocenters. The molecule has 0 spiro atoms. The van der Waals surface area contributed by atoms with Crippen LogP contribution >= 0.6 is 0 Å².